The van der Waals surface area contributed by atoms with E-state index in [1.54, 1.807) is 41.0 Å². The molecule has 0 fully saturated rings. The Morgan fingerprint density at radius 1 is 0.373 bits per heavy atom. The van der Waals surface area contributed by atoms with Crippen molar-refractivity contribution in [2.45, 2.75) is 12.4 Å². The summed E-state index contributed by atoms with van der Waals surface area (Å²) < 4.78 is 88.9. The monoisotopic (exact) mass is 888 g/mol. The molecule has 2 aromatic heterocycles. The molecular weight excluding hydrogens is 859 g/mol. The molecule has 0 aliphatic carbocycles. The lowest BCUT2D eigenvalue weighted by Crippen LogP contribution is -2.11. The maximum Gasteiger partial charge on any atom is 0.416 e. The van der Waals surface area contributed by atoms with Crippen molar-refractivity contribution in [2.24, 2.45) is 0 Å². The molecular formula is C55H30F6N6. The maximum absolute atomic E-state index is 14.5. The van der Waals surface area contributed by atoms with Crippen LogP contribution in [0.3, 0.4) is 0 Å². The van der Waals surface area contributed by atoms with Gasteiger partial charge in [0.2, 0.25) is 0 Å². The second-order valence-corrected chi connectivity index (χ2v) is 15.7. The Balaban J connectivity index is 1.31. The van der Waals surface area contributed by atoms with E-state index in [1.165, 1.54) is 6.07 Å². The zero-order valence-corrected chi connectivity index (χ0v) is 34.8. The van der Waals surface area contributed by atoms with Crippen molar-refractivity contribution in [3.63, 3.8) is 0 Å². The third-order valence-electron chi connectivity index (χ3n) is 11.6. The number of fused-ring (bicyclic) bond motifs is 3. The van der Waals surface area contributed by atoms with Crippen LogP contribution < -0.4 is 0 Å². The Bertz CT molecular complexity index is 3440. The van der Waals surface area contributed by atoms with Crippen LogP contribution in [0, 0.1) is 22.7 Å². The Labute approximate surface area is 379 Å². The highest BCUT2D eigenvalue weighted by atomic mass is 19.4. The highest BCUT2D eigenvalue weighted by molar-refractivity contribution is 6.12. The number of nitrogens with zero attached hydrogens (tertiary/aromatic N) is 6. The smallest absolute Gasteiger partial charge is 0.309 e. The van der Waals surface area contributed by atoms with Crippen LogP contribution in [0.25, 0.3) is 95.0 Å². The maximum atomic E-state index is 14.5. The number of benzene rings is 8. The Morgan fingerprint density at radius 3 is 1.24 bits per heavy atom. The molecule has 10 aromatic rings. The van der Waals surface area contributed by atoms with Gasteiger partial charge in [0.15, 0.2) is 17.5 Å². The van der Waals surface area contributed by atoms with Crippen LogP contribution in [0.2, 0.25) is 0 Å². The fourth-order valence-corrected chi connectivity index (χ4v) is 8.43. The fraction of sp³-hybridized carbons (Fsp3) is 0.0364. The molecule has 0 bridgehead atoms. The Hall–Kier alpha value is -8.87. The van der Waals surface area contributed by atoms with Crippen molar-refractivity contribution in [1.82, 2.24) is 19.5 Å². The van der Waals surface area contributed by atoms with E-state index in [0.717, 1.165) is 12.1 Å². The first-order chi connectivity index (χ1) is 32.4. The molecule has 0 aliphatic heterocycles. The van der Waals surface area contributed by atoms with Crippen molar-refractivity contribution >= 4 is 21.8 Å². The van der Waals surface area contributed by atoms with Crippen molar-refractivity contribution in [3.05, 3.63) is 204 Å². The van der Waals surface area contributed by atoms with Crippen LogP contribution in [0.15, 0.2) is 182 Å². The summed E-state index contributed by atoms with van der Waals surface area (Å²) in [7, 11) is 0. The minimum absolute atomic E-state index is 0.0533. The van der Waals surface area contributed by atoms with Crippen molar-refractivity contribution in [3.8, 4) is 85.4 Å². The predicted octanol–water partition coefficient (Wildman–Crippen LogP) is 14.8. The third-order valence-corrected chi connectivity index (χ3v) is 11.6. The molecule has 10 rings (SSSR count). The van der Waals surface area contributed by atoms with Gasteiger partial charge in [0.05, 0.1) is 51.1 Å². The molecule has 12 heteroatoms. The van der Waals surface area contributed by atoms with Crippen LogP contribution in [0.4, 0.5) is 26.3 Å². The van der Waals surface area contributed by atoms with E-state index in [1.807, 2.05) is 121 Å². The molecule has 0 unspecified atom stereocenters. The van der Waals surface area contributed by atoms with Gasteiger partial charge in [0, 0.05) is 33.0 Å². The summed E-state index contributed by atoms with van der Waals surface area (Å²) in [4.78, 5) is 14.6. The standard InChI is InChI=1S/C55H30F6N6/c56-54(57,58)41-25-40(26-42(30-41)55(59,60)61)45-22-19-37(53-65-51(33-11-3-1-4-12-33)64-52(66-53)34-13-5-2-6-14-34)29-50(45)67-48-23-20-35(43-17-9-7-15-38(43)31-62)27-46(48)47-28-36(21-24-49(47)67)44-18-10-8-16-39(44)32-63/h1-30H. The van der Waals surface area contributed by atoms with Crippen molar-refractivity contribution in [1.29, 1.82) is 10.5 Å². The number of hydrogen-bond donors (Lipinski definition) is 0. The molecule has 0 saturated carbocycles. The molecule has 0 saturated heterocycles. The second kappa shape index (κ2) is 16.6. The van der Waals surface area contributed by atoms with Crippen LogP contribution in [-0.4, -0.2) is 19.5 Å². The van der Waals surface area contributed by atoms with Gasteiger partial charge in [-0.15, -0.1) is 0 Å². The van der Waals surface area contributed by atoms with Gasteiger partial charge in [-0.1, -0.05) is 121 Å². The van der Waals surface area contributed by atoms with Gasteiger partial charge in [-0.25, -0.2) is 15.0 Å². The van der Waals surface area contributed by atoms with E-state index in [9.17, 15) is 36.9 Å². The molecule has 2 heterocycles. The largest absolute Gasteiger partial charge is 0.416 e. The number of rotatable bonds is 7. The average molecular weight is 889 g/mol. The molecule has 0 atom stereocenters. The summed E-state index contributed by atoms with van der Waals surface area (Å²) in [6.45, 7) is 0. The number of hydrogen-bond acceptors (Lipinski definition) is 5. The second-order valence-electron chi connectivity index (χ2n) is 15.7. The van der Waals surface area contributed by atoms with Crippen molar-refractivity contribution < 1.29 is 26.3 Å². The van der Waals surface area contributed by atoms with Gasteiger partial charge in [0.25, 0.3) is 0 Å². The number of halogens is 6. The number of nitriles is 2. The third kappa shape index (κ3) is 7.91. The van der Waals surface area contributed by atoms with Crippen LogP contribution in [0.1, 0.15) is 22.3 Å². The lowest BCUT2D eigenvalue weighted by atomic mass is 9.96. The highest BCUT2D eigenvalue weighted by Crippen LogP contribution is 2.44. The zero-order chi connectivity index (χ0) is 46.5. The Kier molecular flexibility index (Phi) is 10.4. The molecule has 8 aromatic carbocycles. The summed E-state index contributed by atoms with van der Waals surface area (Å²) >= 11 is 0. The first-order valence-corrected chi connectivity index (χ1v) is 20.8. The quantitative estimate of drug-likeness (QED) is 0.149. The predicted molar refractivity (Wildman–Crippen MR) is 246 cm³/mol. The first-order valence-electron chi connectivity index (χ1n) is 20.8. The lowest BCUT2D eigenvalue weighted by molar-refractivity contribution is -0.143. The zero-order valence-electron chi connectivity index (χ0n) is 34.8. The Morgan fingerprint density at radius 2 is 0.791 bits per heavy atom. The van der Waals surface area contributed by atoms with E-state index in [4.69, 9.17) is 15.0 Å². The molecule has 322 valence electrons. The summed E-state index contributed by atoms with van der Waals surface area (Å²) in [6.07, 6.45) is -10.2. The molecule has 0 spiro atoms. The van der Waals surface area contributed by atoms with Crippen LogP contribution in [-0.2, 0) is 12.4 Å². The van der Waals surface area contributed by atoms with Gasteiger partial charge < -0.3 is 4.57 Å². The average Bonchev–Trinajstić information content (AvgIpc) is 3.68. The first kappa shape index (κ1) is 42.1. The number of alkyl halides is 6. The van der Waals surface area contributed by atoms with E-state index < -0.39 is 23.5 Å². The topological polar surface area (TPSA) is 91.2 Å². The minimum atomic E-state index is -5.11. The van der Waals surface area contributed by atoms with Gasteiger partial charge in [-0.3, -0.25) is 0 Å². The van der Waals surface area contributed by atoms with E-state index in [2.05, 4.69) is 12.1 Å². The van der Waals surface area contributed by atoms with Crippen molar-refractivity contribution in [2.75, 3.05) is 0 Å². The molecule has 0 aliphatic rings. The molecule has 0 N–H and O–H groups in total. The van der Waals surface area contributed by atoms with E-state index in [0.29, 0.717) is 83.5 Å². The minimum Gasteiger partial charge on any atom is -0.309 e. The van der Waals surface area contributed by atoms with E-state index >= 15 is 0 Å². The summed E-state index contributed by atoms with van der Waals surface area (Å²) in [5.74, 6) is 0.886. The number of aromatic nitrogens is 4. The fourth-order valence-electron chi connectivity index (χ4n) is 8.43. The summed E-state index contributed by atoms with van der Waals surface area (Å²) in [5.41, 5.74) is 3.44. The normalized spacial score (nSPS) is 11.7. The SMILES string of the molecule is N#Cc1ccccc1-c1ccc2c(c1)c1cc(-c3ccccc3C#N)ccc1n2-c1cc(-c2nc(-c3ccccc3)nc(-c3ccccc3)n2)ccc1-c1cc(C(F)(F)F)cc(C(F)(F)F)c1. The van der Waals surface area contributed by atoms with E-state index in [-0.39, 0.29) is 28.7 Å². The van der Waals surface area contributed by atoms with Gasteiger partial charge in [-0.2, -0.15) is 36.9 Å². The van der Waals surface area contributed by atoms with Gasteiger partial charge in [0.1, 0.15) is 0 Å². The van der Waals surface area contributed by atoms with Gasteiger partial charge >= 0.3 is 12.4 Å². The van der Waals surface area contributed by atoms with Crippen LogP contribution in [0.5, 0.6) is 0 Å². The van der Waals surface area contributed by atoms with Gasteiger partial charge in [-0.05, 0) is 88.5 Å². The molecule has 6 nitrogen and oxygen atoms in total. The summed E-state index contributed by atoms with van der Waals surface area (Å²) in [5, 5.41) is 21.4. The molecule has 0 radical (unpaired) electrons. The molecule has 0 amide bonds. The van der Waals surface area contributed by atoms with Crippen LogP contribution >= 0.6 is 0 Å². The molecule has 67 heavy (non-hydrogen) atoms. The lowest BCUT2D eigenvalue weighted by Gasteiger charge is -2.19. The highest BCUT2D eigenvalue weighted by Gasteiger charge is 2.37. The summed E-state index contributed by atoms with van der Waals surface area (Å²) in [6, 6.07) is 54.5.